The van der Waals surface area contributed by atoms with Gasteiger partial charge in [0.15, 0.2) is 0 Å². The Bertz CT molecular complexity index is 173. The van der Waals surface area contributed by atoms with Gasteiger partial charge in [-0.2, -0.15) is 0 Å². The molecule has 0 unspecified atom stereocenters. The predicted molar refractivity (Wildman–Crippen MR) is 80.1 cm³/mol. The molecule has 0 heterocycles. The van der Waals surface area contributed by atoms with Crippen LogP contribution in [0.3, 0.4) is 0 Å². The van der Waals surface area contributed by atoms with Crippen LogP contribution in [0.4, 0.5) is 0 Å². The highest BCUT2D eigenvalue weighted by Gasteiger charge is 2.12. The number of ether oxygens (including phenoxy) is 1. The summed E-state index contributed by atoms with van der Waals surface area (Å²) in [6.45, 7) is 13.2. The van der Waals surface area contributed by atoms with E-state index in [1.807, 2.05) is 0 Å². The second-order valence-corrected chi connectivity index (χ2v) is 6.21. The third-order valence-electron chi connectivity index (χ3n) is 3.12. The third kappa shape index (κ3) is 11.0. The van der Waals surface area contributed by atoms with E-state index >= 15 is 0 Å². The number of nitrogens with zero attached hydrogens (tertiary/aromatic N) is 1. The number of hydrogen-bond donors (Lipinski definition) is 1. The lowest BCUT2D eigenvalue weighted by Crippen LogP contribution is -2.38. The zero-order valence-electron chi connectivity index (χ0n) is 13.3. The zero-order valence-corrected chi connectivity index (χ0v) is 13.3. The molecule has 0 rings (SSSR count). The summed E-state index contributed by atoms with van der Waals surface area (Å²) < 4.78 is 5.08. The highest BCUT2D eigenvalue weighted by atomic mass is 16.5. The second-order valence-electron chi connectivity index (χ2n) is 6.21. The van der Waals surface area contributed by atoms with E-state index in [4.69, 9.17) is 4.74 Å². The molecule has 0 aliphatic rings. The number of methoxy groups -OCH3 is 1. The highest BCUT2D eigenvalue weighted by molar-refractivity contribution is 4.71. The minimum atomic E-state index is 0.667. The van der Waals surface area contributed by atoms with Crippen molar-refractivity contribution >= 4 is 0 Å². The van der Waals surface area contributed by atoms with Gasteiger partial charge in [-0.15, -0.1) is 0 Å². The number of likely N-dealkylation sites (N-methyl/N-ethyl adjacent to an activating group) is 1. The maximum Gasteiger partial charge on any atom is 0.0589 e. The number of rotatable bonds is 11. The van der Waals surface area contributed by atoms with Gasteiger partial charge in [0.1, 0.15) is 0 Å². The van der Waals surface area contributed by atoms with E-state index in [0.717, 1.165) is 38.1 Å². The number of hydrogen-bond acceptors (Lipinski definition) is 3. The smallest absolute Gasteiger partial charge is 0.0589 e. The molecule has 110 valence electrons. The Morgan fingerprint density at radius 2 is 1.56 bits per heavy atom. The van der Waals surface area contributed by atoms with Crippen LogP contribution in [0.1, 0.15) is 40.5 Å². The van der Waals surface area contributed by atoms with Crippen molar-refractivity contribution in [3.63, 3.8) is 0 Å². The molecular formula is C15H34N2O. The van der Waals surface area contributed by atoms with E-state index in [0.29, 0.717) is 6.04 Å². The van der Waals surface area contributed by atoms with E-state index in [1.165, 1.54) is 12.8 Å². The quantitative estimate of drug-likeness (QED) is 0.616. The summed E-state index contributed by atoms with van der Waals surface area (Å²) >= 11 is 0. The van der Waals surface area contributed by atoms with Crippen LogP contribution in [0, 0.1) is 11.8 Å². The van der Waals surface area contributed by atoms with Gasteiger partial charge in [-0.05, 0) is 31.7 Å². The Kier molecular flexibility index (Phi) is 10.7. The van der Waals surface area contributed by atoms with Crippen molar-refractivity contribution in [3.05, 3.63) is 0 Å². The average Bonchev–Trinajstić information content (AvgIpc) is 2.24. The highest BCUT2D eigenvalue weighted by Crippen LogP contribution is 2.12. The molecule has 0 radical (unpaired) electrons. The first-order valence-electron chi connectivity index (χ1n) is 7.36. The van der Waals surface area contributed by atoms with E-state index < -0.39 is 0 Å². The van der Waals surface area contributed by atoms with E-state index in [2.05, 4.69) is 45.0 Å². The predicted octanol–water partition coefficient (Wildman–Crippen LogP) is 2.62. The Labute approximate surface area is 114 Å². The van der Waals surface area contributed by atoms with Crippen molar-refractivity contribution < 1.29 is 4.74 Å². The minimum Gasteiger partial charge on any atom is -0.383 e. The molecule has 0 aromatic rings. The summed E-state index contributed by atoms with van der Waals surface area (Å²) in [6.07, 6.45) is 2.56. The molecule has 1 N–H and O–H groups in total. The monoisotopic (exact) mass is 258 g/mol. The van der Waals surface area contributed by atoms with Gasteiger partial charge in [0.25, 0.3) is 0 Å². The van der Waals surface area contributed by atoms with Crippen molar-refractivity contribution in [2.75, 3.05) is 40.4 Å². The summed E-state index contributed by atoms with van der Waals surface area (Å²) in [7, 11) is 3.91. The standard InChI is InChI=1S/C15H34N2O/c1-13(2)11-15(12-14(3)4)16-7-8-17(5)9-10-18-6/h13-16H,7-12H2,1-6H3. The topological polar surface area (TPSA) is 24.5 Å². The van der Waals surface area contributed by atoms with Crippen LogP contribution in [0.5, 0.6) is 0 Å². The fraction of sp³-hybridized carbons (Fsp3) is 1.00. The fourth-order valence-corrected chi connectivity index (χ4v) is 2.22. The van der Waals surface area contributed by atoms with Gasteiger partial charge >= 0.3 is 0 Å². The lowest BCUT2D eigenvalue weighted by Gasteiger charge is -2.24. The van der Waals surface area contributed by atoms with Crippen molar-refractivity contribution in [2.45, 2.75) is 46.6 Å². The lowest BCUT2D eigenvalue weighted by atomic mass is 9.95. The van der Waals surface area contributed by atoms with Crippen LogP contribution in [0.15, 0.2) is 0 Å². The molecule has 3 heteroatoms. The molecular weight excluding hydrogens is 224 g/mol. The zero-order chi connectivity index (χ0) is 14.0. The van der Waals surface area contributed by atoms with E-state index in [9.17, 15) is 0 Å². The maximum absolute atomic E-state index is 5.08. The molecule has 18 heavy (non-hydrogen) atoms. The first-order valence-corrected chi connectivity index (χ1v) is 7.36. The molecule has 0 amide bonds. The van der Waals surface area contributed by atoms with Crippen molar-refractivity contribution in [1.82, 2.24) is 10.2 Å². The van der Waals surface area contributed by atoms with Gasteiger partial charge in [0.05, 0.1) is 6.61 Å². The third-order valence-corrected chi connectivity index (χ3v) is 3.12. The molecule has 0 saturated heterocycles. The molecule has 0 atom stereocenters. The molecule has 0 aromatic carbocycles. The van der Waals surface area contributed by atoms with Crippen LogP contribution in [0.2, 0.25) is 0 Å². The molecule has 0 spiro atoms. The maximum atomic E-state index is 5.08. The van der Waals surface area contributed by atoms with Crippen molar-refractivity contribution in [2.24, 2.45) is 11.8 Å². The summed E-state index contributed by atoms with van der Waals surface area (Å²) in [4.78, 5) is 2.32. The van der Waals surface area contributed by atoms with Crippen LogP contribution >= 0.6 is 0 Å². The SMILES string of the molecule is COCCN(C)CCNC(CC(C)C)CC(C)C. The fourth-order valence-electron chi connectivity index (χ4n) is 2.22. The summed E-state index contributed by atoms with van der Waals surface area (Å²) in [5, 5.41) is 3.71. The Hall–Kier alpha value is -0.120. The summed E-state index contributed by atoms with van der Waals surface area (Å²) in [6, 6.07) is 0.667. The van der Waals surface area contributed by atoms with Gasteiger partial charge in [0.2, 0.25) is 0 Å². The first kappa shape index (κ1) is 17.9. The Morgan fingerprint density at radius 3 is 2.00 bits per heavy atom. The van der Waals surface area contributed by atoms with Crippen LogP contribution < -0.4 is 5.32 Å². The molecule has 3 nitrogen and oxygen atoms in total. The molecule has 0 aromatic heterocycles. The molecule has 0 saturated carbocycles. The molecule has 0 aliphatic heterocycles. The molecule has 0 bridgehead atoms. The van der Waals surface area contributed by atoms with Crippen LogP contribution in [0.25, 0.3) is 0 Å². The average molecular weight is 258 g/mol. The number of nitrogens with one attached hydrogen (secondary N) is 1. The largest absolute Gasteiger partial charge is 0.383 e. The van der Waals surface area contributed by atoms with Gasteiger partial charge in [-0.1, -0.05) is 27.7 Å². The Balaban J connectivity index is 3.80. The summed E-state index contributed by atoms with van der Waals surface area (Å²) in [5.74, 6) is 1.54. The lowest BCUT2D eigenvalue weighted by molar-refractivity contribution is 0.160. The normalized spacial score (nSPS) is 12.3. The van der Waals surface area contributed by atoms with Gasteiger partial charge in [0, 0.05) is 32.8 Å². The van der Waals surface area contributed by atoms with Crippen molar-refractivity contribution in [3.8, 4) is 0 Å². The minimum absolute atomic E-state index is 0.667. The van der Waals surface area contributed by atoms with E-state index in [-0.39, 0.29) is 0 Å². The van der Waals surface area contributed by atoms with Gasteiger partial charge in [-0.3, -0.25) is 0 Å². The van der Waals surface area contributed by atoms with Gasteiger partial charge in [-0.25, -0.2) is 0 Å². The second kappa shape index (κ2) is 10.8. The summed E-state index contributed by atoms with van der Waals surface area (Å²) in [5.41, 5.74) is 0. The van der Waals surface area contributed by atoms with Gasteiger partial charge < -0.3 is 15.0 Å². The van der Waals surface area contributed by atoms with Crippen molar-refractivity contribution in [1.29, 1.82) is 0 Å². The first-order chi connectivity index (χ1) is 8.45. The molecule has 0 fully saturated rings. The van der Waals surface area contributed by atoms with Crippen LogP contribution in [-0.2, 0) is 4.74 Å². The van der Waals surface area contributed by atoms with E-state index in [1.54, 1.807) is 7.11 Å². The molecule has 0 aliphatic carbocycles. The Morgan fingerprint density at radius 1 is 1.00 bits per heavy atom. The van der Waals surface area contributed by atoms with Crippen LogP contribution in [-0.4, -0.2) is 51.3 Å².